The molecule has 2 N–H and O–H groups in total. The van der Waals surface area contributed by atoms with E-state index in [1.807, 2.05) is 0 Å². The van der Waals surface area contributed by atoms with Gasteiger partial charge in [-0.15, -0.1) is 0 Å². The first-order valence-electron chi connectivity index (χ1n) is 9.74. The molecule has 2 amide bonds. The van der Waals surface area contributed by atoms with Crippen LogP contribution in [-0.2, 0) is 19.5 Å². The van der Waals surface area contributed by atoms with Crippen molar-refractivity contribution in [3.05, 3.63) is 53.6 Å². The number of likely N-dealkylation sites (tertiary alicyclic amines) is 1. The van der Waals surface area contributed by atoms with Gasteiger partial charge < -0.3 is 19.7 Å². The molecule has 11 heteroatoms. The molecule has 0 unspecified atom stereocenters. The number of benzene rings is 2. The van der Waals surface area contributed by atoms with Gasteiger partial charge in [0.2, 0.25) is 0 Å². The number of hydrogen-bond donors (Lipinski definition) is 2. The molecule has 170 valence electrons. The van der Waals surface area contributed by atoms with E-state index in [2.05, 4.69) is 19.5 Å². The van der Waals surface area contributed by atoms with E-state index in [1.54, 1.807) is 4.90 Å². The summed E-state index contributed by atoms with van der Waals surface area (Å²) >= 11 is 0. The second kappa shape index (κ2) is 9.69. The standard InChI is InChI=1S/C21H23N3O7S/c1-30-19(25)14-11-15(20(26)31-2)13-17(12-14)23-32(28,29)18-7-5-16(6-8-18)22-21(27)24-9-3-4-10-24/h5-8,11-13,23H,3-4,9-10H2,1-2H3,(H,22,27). The molecule has 32 heavy (non-hydrogen) atoms. The van der Waals surface area contributed by atoms with Crippen molar-refractivity contribution in [3.63, 3.8) is 0 Å². The van der Waals surface area contributed by atoms with Crippen LogP contribution in [0.15, 0.2) is 47.4 Å². The molecule has 0 atom stereocenters. The van der Waals surface area contributed by atoms with Gasteiger partial charge >= 0.3 is 18.0 Å². The van der Waals surface area contributed by atoms with Crippen LogP contribution in [0.5, 0.6) is 0 Å². The SMILES string of the molecule is COC(=O)c1cc(NS(=O)(=O)c2ccc(NC(=O)N3CCCC3)cc2)cc(C(=O)OC)c1. The molecule has 2 aromatic rings. The third-order valence-electron chi connectivity index (χ3n) is 4.84. The molecule has 0 bridgehead atoms. The van der Waals surface area contributed by atoms with Crippen molar-refractivity contribution in [2.75, 3.05) is 37.3 Å². The molecule has 10 nitrogen and oxygen atoms in total. The zero-order chi connectivity index (χ0) is 23.3. The van der Waals surface area contributed by atoms with Crippen molar-refractivity contribution >= 4 is 39.4 Å². The van der Waals surface area contributed by atoms with Gasteiger partial charge in [-0.05, 0) is 55.3 Å². The summed E-state index contributed by atoms with van der Waals surface area (Å²) in [5, 5.41) is 2.73. The molecular weight excluding hydrogens is 438 g/mol. The number of nitrogens with one attached hydrogen (secondary N) is 2. The Morgan fingerprint density at radius 2 is 1.38 bits per heavy atom. The maximum absolute atomic E-state index is 12.8. The normalized spacial score (nSPS) is 13.4. The van der Waals surface area contributed by atoms with Gasteiger partial charge in [0.05, 0.1) is 35.9 Å². The molecule has 1 aliphatic heterocycles. The van der Waals surface area contributed by atoms with Crippen molar-refractivity contribution in [2.24, 2.45) is 0 Å². The van der Waals surface area contributed by atoms with E-state index in [9.17, 15) is 22.8 Å². The minimum absolute atomic E-state index is 0.0142. The van der Waals surface area contributed by atoms with Gasteiger partial charge in [-0.2, -0.15) is 0 Å². The lowest BCUT2D eigenvalue weighted by Gasteiger charge is -2.16. The third kappa shape index (κ3) is 5.35. The highest BCUT2D eigenvalue weighted by Crippen LogP contribution is 2.22. The summed E-state index contributed by atoms with van der Waals surface area (Å²) in [4.78, 5) is 37.6. The molecule has 0 spiro atoms. The monoisotopic (exact) mass is 461 g/mol. The average Bonchev–Trinajstić information content (AvgIpc) is 3.33. The number of ether oxygens (including phenoxy) is 2. The molecule has 2 aromatic carbocycles. The lowest BCUT2D eigenvalue weighted by molar-refractivity contribution is 0.0599. The van der Waals surface area contributed by atoms with E-state index in [1.165, 1.54) is 56.7 Å². The number of esters is 2. The summed E-state index contributed by atoms with van der Waals surface area (Å²) in [5.41, 5.74) is 0.405. The van der Waals surface area contributed by atoms with Gasteiger partial charge in [-0.1, -0.05) is 0 Å². The van der Waals surface area contributed by atoms with Crippen molar-refractivity contribution in [1.82, 2.24) is 4.90 Å². The first kappa shape index (κ1) is 23.1. The Morgan fingerprint density at radius 3 is 1.88 bits per heavy atom. The Balaban J connectivity index is 1.80. The number of amides is 2. The third-order valence-corrected chi connectivity index (χ3v) is 6.23. The first-order valence-corrected chi connectivity index (χ1v) is 11.2. The summed E-state index contributed by atoms with van der Waals surface area (Å²) in [5.74, 6) is -1.48. The van der Waals surface area contributed by atoms with Crippen LogP contribution < -0.4 is 10.0 Å². The highest BCUT2D eigenvalue weighted by atomic mass is 32.2. The Bertz CT molecular complexity index is 1090. The summed E-state index contributed by atoms with van der Waals surface area (Å²) in [7, 11) is -1.71. The van der Waals surface area contributed by atoms with Gasteiger partial charge in [0.25, 0.3) is 10.0 Å². The van der Waals surface area contributed by atoms with Crippen molar-refractivity contribution < 1.29 is 32.3 Å². The summed E-state index contributed by atoms with van der Waals surface area (Å²) in [6, 6.07) is 9.15. The highest BCUT2D eigenvalue weighted by molar-refractivity contribution is 7.92. The fourth-order valence-corrected chi connectivity index (χ4v) is 4.25. The van der Waals surface area contributed by atoms with Gasteiger partial charge in [-0.3, -0.25) is 4.72 Å². The van der Waals surface area contributed by atoms with E-state index in [0.29, 0.717) is 18.8 Å². The number of urea groups is 1. The summed E-state index contributed by atoms with van der Waals surface area (Å²) in [6.45, 7) is 1.39. The minimum atomic E-state index is -4.05. The molecule has 3 rings (SSSR count). The van der Waals surface area contributed by atoms with Gasteiger partial charge in [0.1, 0.15) is 0 Å². The van der Waals surface area contributed by atoms with E-state index in [0.717, 1.165) is 12.8 Å². The Labute approximate surface area is 185 Å². The maximum Gasteiger partial charge on any atom is 0.337 e. The van der Waals surface area contributed by atoms with Crippen LogP contribution in [0.4, 0.5) is 16.2 Å². The zero-order valence-electron chi connectivity index (χ0n) is 17.6. The van der Waals surface area contributed by atoms with E-state index in [-0.39, 0.29) is 27.7 Å². The smallest absolute Gasteiger partial charge is 0.337 e. The number of rotatable bonds is 6. The van der Waals surface area contributed by atoms with E-state index in [4.69, 9.17) is 0 Å². The molecule has 1 saturated heterocycles. The fraction of sp³-hybridized carbons (Fsp3) is 0.286. The topological polar surface area (TPSA) is 131 Å². The van der Waals surface area contributed by atoms with E-state index >= 15 is 0 Å². The van der Waals surface area contributed by atoms with Crippen LogP contribution in [0.1, 0.15) is 33.6 Å². The minimum Gasteiger partial charge on any atom is -0.465 e. The van der Waals surface area contributed by atoms with Crippen LogP contribution in [0.3, 0.4) is 0 Å². The van der Waals surface area contributed by atoms with Crippen LogP contribution in [0.25, 0.3) is 0 Å². The highest BCUT2D eigenvalue weighted by Gasteiger charge is 2.20. The fourth-order valence-electron chi connectivity index (χ4n) is 3.21. The van der Waals surface area contributed by atoms with Crippen LogP contribution in [-0.4, -0.2) is 58.6 Å². The Hall–Kier alpha value is -3.60. The van der Waals surface area contributed by atoms with E-state index < -0.39 is 22.0 Å². The molecule has 0 radical (unpaired) electrons. The van der Waals surface area contributed by atoms with Gasteiger partial charge in [-0.25, -0.2) is 22.8 Å². The Kier molecular flexibility index (Phi) is 6.98. The number of sulfonamides is 1. The first-order chi connectivity index (χ1) is 15.2. The van der Waals surface area contributed by atoms with Crippen molar-refractivity contribution in [3.8, 4) is 0 Å². The predicted molar refractivity (Wildman–Crippen MR) is 116 cm³/mol. The molecule has 1 aliphatic rings. The number of carbonyl (C=O) groups is 3. The van der Waals surface area contributed by atoms with Crippen LogP contribution >= 0.6 is 0 Å². The van der Waals surface area contributed by atoms with Gasteiger partial charge in [0.15, 0.2) is 0 Å². The number of anilines is 2. The number of methoxy groups -OCH3 is 2. The molecular formula is C21H23N3O7S. The summed E-state index contributed by atoms with van der Waals surface area (Å²) in [6.07, 6.45) is 1.93. The molecule has 0 aliphatic carbocycles. The second-order valence-electron chi connectivity index (χ2n) is 7.04. The number of carbonyl (C=O) groups excluding carboxylic acids is 3. The lowest BCUT2D eigenvalue weighted by atomic mass is 10.1. The van der Waals surface area contributed by atoms with Crippen molar-refractivity contribution in [1.29, 1.82) is 0 Å². The quantitative estimate of drug-likeness (QED) is 0.632. The summed E-state index contributed by atoms with van der Waals surface area (Å²) < 4.78 is 37.3. The lowest BCUT2D eigenvalue weighted by Crippen LogP contribution is -2.32. The maximum atomic E-state index is 12.8. The predicted octanol–water partition coefficient (Wildman–Crippen LogP) is 2.69. The van der Waals surface area contributed by atoms with Crippen LogP contribution in [0.2, 0.25) is 0 Å². The molecule has 1 heterocycles. The molecule has 0 aromatic heterocycles. The van der Waals surface area contributed by atoms with Gasteiger partial charge in [0, 0.05) is 18.8 Å². The zero-order valence-corrected chi connectivity index (χ0v) is 18.4. The number of nitrogens with zero attached hydrogens (tertiary/aromatic N) is 1. The Morgan fingerprint density at radius 1 is 0.844 bits per heavy atom. The molecule has 0 saturated carbocycles. The molecule has 1 fully saturated rings. The number of hydrogen-bond acceptors (Lipinski definition) is 7. The van der Waals surface area contributed by atoms with Crippen molar-refractivity contribution in [2.45, 2.75) is 17.7 Å². The largest absolute Gasteiger partial charge is 0.465 e. The second-order valence-corrected chi connectivity index (χ2v) is 8.72. The van der Waals surface area contributed by atoms with Crippen LogP contribution in [0, 0.1) is 0 Å². The average molecular weight is 461 g/mol.